The summed E-state index contributed by atoms with van der Waals surface area (Å²) in [5.41, 5.74) is 1.91. The SMILES string of the molecule is O=C(CC1CC1)c1c[nH]c2ccccc12. The van der Waals surface area contributed by atoms with Crippen molar-refractivity contribution >= 4 is 16.7 Å². The van der Waals surface area contributed by atoms with Crippen molar-refractivity contribution in [2.24, 2.45) is 5.92 Å². The first-order chi connectivity index (χ1) is 7.34. The molecule has 0 unspecified atom stereocenters. The molecule has 0 radical (unpaired) electrons. The largest absolute Gasteiger partial charge is 0.360 e. The summed E-state index contributed by atoms with van der Waals surface area (Å²) in [5.74, 6) is 0.945. The highest BCUT2D eigenvalue weighted by Gasteiger charge is 2.25. The van der Waals surface area contributed by atoms with E-state index >= 15 is 0 Å². The van der Waals surface area contributed by atoms with Gasteiger partial charge >= 0.3 is 0 Å². The lowest BCUT2D eigenvalue weighted by Crippen LogP contribution is -1.98. The number of carbonyl (C=O) groups is 1. The van der Waals surface area contributed by atoms with Gasteiger partial charge in [-0.25, -0.2) is 0 Å². The molecule has 1 fully saturated rings. The molecule has 0 saturated heterocycles. The number of aromatic nitrogens is 1. The van der Waals surface area contributed by atoms with Gasteiger partial charge in [-0.2, -0.15) is 0 Å². The number of fused-ring (bicyclic) bond motifs is 1. The van der Waals surface area contributed by atoms with Gasteiger partial charge < -0.3 is 4.98 Å². The highest BCUT2D eigenvalue weighted by Crippen LogP contribution is 2.34. The second-order valence-electron chi connectivity index (χ2n) is 4.32. The Hall–Kier alpha value is -1.57. The Balaban J connectivity index is 1.98. The third-order valence-electron chi connectivity index (χ3n) is 3.06. The van der Waals surface area contributed by atoms with E-state index in [1.165, 1.54) is 12.8 Å². The fourth-order valence-electron chi connectivity index (χ4n) is 2.00. The van der Waals surface area contributed by atoms with E-state index in [-0.39, 0.29) is 5.78 Å². The van der Waals surface area contributed by atoms with Crippen LogP contribution in [0.2, 0.25) is 0 Å². The molecule has 15 heavy (non-hydrogen) atoms. The van der Waals surface area contributed by atoms with Crippen LogP contribution >= 0.6 is 0 Å². The lowest BCUT2D eigenvalue weighted by Gasteiger charge is -1.96. The molecule has 1 saturated carbocycles. The maximum absolute atomic E-state index is 12.0. The van der Waals surface area contributed by atoms with E-state index < -0.39 is 0 Å². The van der Waals surface area contributed by atoms with E-state index in [9.17, 15) is 4.79 Å². The number of hydrogen-bond donors (Lipinski definition) is 1. The molecule has 2 heteroatoms. The molecule has 1 N–H and O–H groups in total. The molecular weight excluding hydrogens is 186 g/mol. The van der Waals surface area contributed by atoms with Gasteiger partial charge in [0, 0.05) is 29.1 Å². The van der Waals surface area contributed by atoms with E-state index in [0.29, 0.717) is 5.92 Å². The number of carbonyl (C=O) groups excluding carboxylic acids is 1. The van der Waals surface area contributed by atoms with E-state index in [1.807, 2.05) is 30.5 Å². The molecule has 2 aromatic rings. The third kappa shape index (κ3) is 1.56. The molecule has 1 heterocycles. The van der Waals surface area contributed by atoms with E-state index in [1.54, 1.807) is 0 Å². The topological polar surface area (TPSA) is 32.9 Å². The van der Waals surface area contributed by atoms with Gasteiger partial charge in [-0.15, -0.1) is 0 Å². The van der Waals surface area contributed by atoms with Crippen LogP contribution in [0.1, 0.15) is 29.6 Å². The number of ketones is 1. The Morgan fingerprint density at radius 3 is 2.93 bits per heavy atom. The maximum Gasteiger partial charge on any atom is 0.165 e. The standard InChI is InChI=1S/C13H13NO/c15-13(7-9-5-6-9)11-8-14-12-4-2-1-3-10(11)12/h1-4,8-9,14H,5-7H2. The van der Waals surface area contributed by atoms with Crippen molar-refractivity contribution in [1.82, 2.24) is 4.98 Å². The van der Waals surface area contributed by atoms with E-state index in [2.05, 4.69) is 4.98 Å². The lowest BCUT2D eigenvalue weighted by atomic mass is 10.1. The van der Waals surface area contributed by atoms with Crippen LogP contribution in [0.5, 0.6) is 0 Å². The van der Waals surface area contributed by atoms with Gasteiger partial charge in [0.1, 0.15) is 0 Å². The molecule has 1 aromatic carbocycles. The zero-order valence-electron chi connectivity index (χ0n) is 8.49. The molecule has 1 aromatic heterocycles. The monoisotopic (exact) mass is 199 g/mol. The fraction of sp³-hybridized carbons (Fsp3) is 0.308. The second-order valence-corrected chi connectivity index (χ2v) is 4.32. The first kappa shape index (κ1) is 8.72. The summed E-state index contributed by atoms with van der Waals surface area (Å²) in [4.78, 5) is 15.1. The molecule has 0 atom stereocenters. The molecule has 76 valence electrons. The summed E-state index contributed by atoms with van der Waals surface area (Å²) in [6.07, 6.45) is 5.03. The minimum atomic E-state index is 0.287. The zero-order valence-corrected chi connectivity index (χ0v) is 8.49. The van der Waals surface area contributed by atoms with Gasteiger partial charge in [0.05, 0.1) is 0 Å². The van der Waals surface area contributed by atoms with Crippen LogP contribution in [-0.2, 0) is 0 Å². The highest BCUT2D eigenvalue weighted by atomic mass is 16.1. The highest BCUT2D eigenvalue weighted by molar-refractivity contribution is 6.07. The summed E-state index contributed by atoms with van der Waals surface area (Å²) in [6.45, 7) is 0. The number of rotatable bonds is 3. The van der Waals surface area contributed by atoms with Gasteiger partial charge in [-0.1, -0.05) is 18.2 Å². The van der Waals surface area contributed by atoms with Crippen LogP contribution in [0.15, 0.2) is 30.5 Å². The third-order valence-corrected chi connectivity index (χ3v) is 3.06. The minimum absolute atomic E-state index is 0.287. The zero-order chi connectivity index (χ0) is 10.3. The second kappa shape index (κ2) is 3.23. The number of hydrogen-bond acceptors (Lipinski definition) is 1. The van der Waals surface area contributed by atoms with Crippen molar-refractivity contribution in [3.05, 3.63) is 36.0 Å². The summed E-state index contributed by atoms with van der Waals surface area (Å²) in [6, 6.07) is 7.97. The molecule has 0 spiro atoms. The Morgan fingerprint density at radius 1 is 1.33 bits per heavy atom. The van der Waals surface area contributed by atoms with Gasteiger partial charge in [-0.3, -0.25) is 4.79 Å². The molecule has 1 aliphatic carbocycles. The Labute approximate surface area is 88.3 Å². The summed E-state index contributed by atoms with van der Waals surface area (Å²) in [5, 5.41) is 1.06. The van der Waals surface area contributed by atoms with Crippen molar-refractivity contribution in [1.29, 1.82) is 0 Å². The first-order valence-corrected chi connectivity index (χ1v) is 5.44. The number of nitrogens with one attached hydrogen (secondary N) is 1. The number of aromatic amines is 1. The van der Waals surface area contributed by atoms with Crippen molar-refractivity contribution < 1.29 is 4.79 Å². The smallest absolute Gasteiger partial charge is 0.165 e. The van der Waals surface area contributed by atoms with Crippen molar-refractivity contribution in [3.8, 4) is 0 Å². The van der Waals surface area contributed by atoms with Crippen molar-refractivity contribution in [3.63, 3.8) is 0 Å². The van der Waals surface area contributed by atoms with E-state index in [4.69, 9.17) is 0 Å². The number of H-pyrrole nitrogens is 1. The minimum Gasteiger partial charge on any atom is -0.360 e. The van der Waals surface area contributed by atoms with Gasteiger partial charge in [0.25, 0.3) is 0 Å². The summed E-state index contributed by atoms with van der Waals surface area (Å²) < 4.78 is 0. The van der Waals surface area contributed by atoms with Crippen LogP contribution < -0.4 is 0 Å². The Morgan fingerprint density at radius 2 is 2.13 bits per heavy atom. The predicted molar refractivity (Wildman–Crippen MR) is 60.0 cm³/mol. The molecule has 0 bridgehead atoms. The van der Waals surface area contributed by atoms with Crippen LogP contribution in [0.3, 0.4) is 0 Å². The Bertz CT molecular complexity index is 508. The normalized spacial score (nSPS) is 15.7. The molecule has 3 rings (SSSR count). The van der Waals surface area contributed by atoms with Crippen molar-refractivity contribution in [2.45, 2.75) is 19.3 Å². The predicted octanol–water partition coefficient (Wildman–Crippen LogP) is 3.15. The van der Waals surface area contributed by atoms with Crippen LogP contribution in [0, 0.1) is 5.92 Å². The van der Waals surface area contributed by atoms with Crippen LogP contribution in [0.25, 0.3) is 10.9 Å². The van der Waals surface area contributed by atoms with E-state index in [0.717, 1.165) is 22.9 Å². The van der Waals surface area contributed by atoms with Gasteiger partial charge in [-0.05, 0) is 24.8 Å². The maximum atomic E-state index is 12.0. The fourth-order valence-corrected chi connectivity index (χ4v) is 2.00. The van der Waals surface area contributed by atoms with Crippen molar-refractivity contribution in [2.75, 3.05) is 0 Å². The van der Waals surface area contributed by atoms with Crippen LogP contribution in [0.4, 0.5) is 0 Å². The Kier molecular flexibility index (Phi) is 1.88. The van der Waals surface area contributed by atoms with Gasteiger partial charge in [0.2, 0.25) is 0 Å². The molecule has 2 nitrogen and oxygen atoms in total. The molecular formula is C13H13NO. The molecule has 0 amide bonds. The number of Topliss-reactive ketones (excluding diaryl/α,β-unsaturated/α-hetero) is 1. The van der Waals surface area contributed by atoms with Gasteiger partial charge in [0.15, 0.2) is 5.78 Å². The quantitative estimate of drug-likeness (QED) is 0.757. The molecule has 0 aliphatic heterocycles. The van der Waals surface area contributed by atoms with Crippen LogP contribution in [-0.4, -0.2) is 10.8 Å². The summed E-state index contributed by atoms with van der Waals surface area (Å²) >= 11 is 0. The lowest BCUT2D eigenvalue weighted by molar-refractivity contribution is 0.0978. The summed E-state index contributed by atoms with van der Waals surface area (Å²) in [7, 11) is 0. The molecule has 1 aliphatic rings. The number of benzene rings is 1. The average molecular weight is 199 g/mol. The average Bonchev–Trinajstić information content (AvgIpc) is 2.96. The first-order valence-electron chi connectivity index (χ1n) is 5.44. The number of para-hydroxylation sites is 1.